The van der Waals surface area contributed by atoms with Gasteiger partial charge in [-0.2, -0.15) is 0 Å². The highest BCUT2D eigenvalue weighted by Gasteiger charge is 2.14. The lowest BCUT2D eigenvalue weighted by Gasteiger charge is -2.11. The van der Waals surface area contributed by atoms with Crippen LogP contribution in [0.5, 0.6) is 0 Å². The number of rotatable bonds is 5. The first kappa shape index (κ1) is 29.1. The molecular formula is C43H30N4OS. The summed E-state index contributed by atoms with van der Waals surface area (Å²) in [4.78, 5) is 22.7. The lowest BCUT2D eigenvalue weighted by atomic mass is 9.99. The molecule has 49 heavy (non-hydrogen) atoms. The Hall–Kier alpha value is -6.11. The summed E-state index contributed by atoms with van der Waals surface area (Å²) in [6, 6.07) is 50.8. The van der Waals surface area contributed by atoms with Gasteiger partial charge < -0.3 is 0 Å². The van der Waals surface area contributed by atoms with Gasteiger partial charge >= 0.3 is 5.69 Å². The van der Waals surface area contributed by atoms with E-state index in [2.05, 4.69) is 109 Å². The Morgan fingerprint density at radius 2 is 1.04 bits per heavy atom. The van der Waals surface area contributed by atoms with Crippen molar-refractivity contribution in [2.45, 2.75) is 0 Å². The lowest BCUT2D eigenvalue weighted by molar-refractivity contribution is 0.795. The summed E-state index contributed by atoms with van der Waals surface area (Å²) in [5.74, 6) is 0.679. The van der Waals surface area contributed by atoms with Gasteiger partial charge in [0, 0.05) is 51.0 Å². The molecule has 6 aromatic carbocycles. The smallest absolute Gasteiger partial charge is 0.295 e. The first-order valence-corrected chi connectivity index (χ1v) is 17.0. The second-order valence-corrected chi connectivity index (χ2v) is 13.5. The maximum Gasteiger partial charge on any atom is 0.328 e. The Labute approximate surface area is 287 Å². The molecule has 0 saturated heterocycles. The van der Waals surface area contributed by atoms with Crippen LogP contribution in [0.25, 0.3) is 87.4 Å². The number of hydrogen-bond acceptors (Lipinski definition) is 4. The highest BCUT2D eigenvalue weighted by Crippen LogP contribution is 2.37. The Morgan fingerprint density at radius 3 is 1.88 bits per heavy atom. The molecular weight excluding hydrogens is 621 g/mol. The van der Waals surface area contributed by atoms with Crippen LogP contribution in [0.15, 0.2) is 150 Å². The van der Waals surface area contributed by atoms with Crippen molar-refractivity contribution in [3.8, 4) is 56.2 Å². The molecule has 0 amide bonds. The van der Waals surface area contributed by atoms with Gasteiger partial charge in [0.15, 0.2) is 5.82 Å². The molecule has 5 nitrogen and oxygen atoms in total. The van der Waals surface area contributed by atoms with Crippen LogP contribution in [-0.2, 0) is 14.1 Å². The van der Waals surface area contributed by atoms with E-state index in [0.29, 0.717) is 5.82 Å². The van der Waals surface area contributed by atoms with E-state index in [1.54, 1.807) is 16.2 Å². The maximum atomic E-state index is 12.6. The van der Waals surface area contributed by atoms with E-state index in [1.807, 2.05) is 54.8 Å². The minimum atomic E-state index is -0.0341. The minimum Gasteiger partial charge on any atom is -0.295 e. The summed E-state index contributed by atoms with van der Waals surface area (Å²) in [7, 11) is 3.62. The van der Waals surface area contributed by atoms with Crippen LogP contribution in [0, 0.1) is 0 Å². The zero-order valence-corrected chi connectivity index (χ0v) is 27.8. The molecule has 0 unspecified atom stereocenters. The number of thiophene rings is 1. The molecule has 0 aliphatic heterocycles. The normalized spacial score (nSPS) is 11.6. The second kappa shape index (κ2) is 11.5. The molecule has 3 aromatic heterocycles. The second-order valence-electron chi connectivity index (χ2n) is 12.4. The van der Waals surface area contributed by atoms with Crippen molar-refractivity contribution < 1.29 is 0 Å². The number of hydrogen-bond donors (Lipinski definition) is 0. The first-order valence-electron chi connectivity index (χ1n) is 16.2. The fourth-order valence-corrected chi connectivity index (χ4v) is 7.89. The van der Waals surface area contributed by atoms with E-state index in [-0.39, 0.29) is 5.69 Å². The van der Waals surface area contributed by atoms with Gasteiger partial charge in [0.1, 0.15) is 0 Å². The van der Waals surface area contributed by atoms with Crippen LogP contribution in [-0.4, -0.2) is 19.1 Å². The van der Waals surface area contributed by atoms with Gasteiger partial charge in [-0.05, 0) is 58.7 Å². The van der Waals surface area contributed by atoms with Gasteiger partial charge in [0.2, 0.25) is 0 Å². The Bertz CT molecular complexity index is 2760. The third-order valence-electron chi connectivity index (χ3n) is 9.41. The molecule has 0 radical (unpaired) electrons. The van der Waals surface area contributed by atoms with Crippen molar-refractivity contribution in [1.29, 1.82) is 0 Å². The lowest BCUT2D eigenvalue weighted by Crippen LogP contribution is -2.19. The molecule has 0 saturated carbocycles. The van der Waals surface area contributed by atoms with E-state index in [0.717, 1.165) is 50.2 Å². The molecule has 0 atom stereocenters. The van der Waals surface area contributed by atoms with Crippen molar-refractivity contribution >= 4 is 42.5 Å². The summed E-state index contributed by atoms with van der Waals surface area (Å²) in [5.41, 5.74) is 10.9. The molecule has 0 aliphatic carbocycles. The van der Waals surface area contributed by atoms with Gasteiger partial charge in [0.25, 0.3) is 0 Å². The van der Waals surface area contributed by atoms with Crippen LogP contribution in [0.3, 0.4) is 0 Å². The average Bonchev–Trinajstić information content (AvgIpc) is 3.64. The van der Waals surface area contributed by atoms with Crippen molar-refractivity contribution in [1.82, 2.24) is 19.1 Å². The predicted molar refractivity (Wildman–Crippen MR) is 204 cm³/mol. The maximum absolute atomic E-state index is 12.6. The van der Waals surface area contributed by atoms with Crippen LogP contribution in [0.1, 0.15) is 0 Å². The quantitative estimate of drug-likeness (QED) is 0.186. The monoisotopic (exact) mass is 650 g/mol. The van der Waals surface area contributed by atoms with Crippen LogP contribution < -0.4 is 5.69 Å². The average molecular weight is 651 g/mol. The third kappa shape index (κ3) is 5.05. The number of aromatic nitrogens is 4. The molecule has 0 fully saturated rings. The molecule has 3 heterocycles. The van der Waals surface area contributed by atoms with Crippen LogP contribution in [0.4, 0.5) is 0 Å². The summed E-state index contributed by atoms with van der Waals surface area (Å²) in [6.07, 6.45) is 0. The molecule has 6 heteroatoms. The number of imidazole rings is 1. The molecule has 0 aliphatic rings. The van der Waals surface area contributed by atoms with Gasteiger partial charge in [-0.1, -0.05) is 109 Å². The van der Waals surface area contributed by atoms with E-state index in [4.69, 9.17) is 9.97 Å². The summed E-state index contributed by atoms with van der Waals surface area (Å²) >= 11 is 1.84. The molecule has 0 spiro atoms. The molecule has 9 rings (SSSR count). The minimum absolute atomic E-state index is 0.0341. The molecule has 234 valence electrons. The molecule has 0 bridgehead atoms. The Morgan fingerprint density at radius 1 is 0.449 bits per heavy atom. The Kier molecular flexibility index (Phi) is 6.85. The fraction of sp³-hybridized carbons (Fsp3) is 0.0465. The summed E-state index contributed by atoms with van der Waals surface area (Å²) in [5, 5.41) is 2.62. The van der Waals surface area contributed by atoms with Crippen LogP contribution in [0.2, 0.25) is 0 Å². The number of fused-ring (bicyclic) bond motifs is 4. The summed E-state index contributed by atoms with van der Waals surface area (Å²) < 4.78 is 5.98. The predicted octanol–water partition coefficient (Wildman–Crippen LogP) is 10.4. The zero-order chi connectivity index (χ0) is 33.1. The van der Waals surface area contributed by atoms with Gasteiger partial charge in [-0.15, -0.1) is 11.3 Å². The zero-order valence-electron chi connectivity index (χ0n) is 27.0. The molecule has 9 aromatic rings. The first-order chi connectivity index (χ1) is 24.0. The van der Waals surface area contributed by atoms with Gasteiger partial charge in [-0.25, -0.2) is 14.8 Å². The topological polar surface area (TPSA) is 52.7 Å². The molecule has 0 N–H and O–H groups in total. The number of nitrogens with zero attached hydrogens (tertiary/aromatic N) is 4. The van der Waals surface area contributed by atoms with E-state index in [1.165, 1.54) is 31.3 Å². The van der Waals surface area contributed by atoms with E-state index >= 15 is 0 Å². The van der Waals surface area contributed by atoms with Crippen molar-refractivity contribution in [2.24, 2.45) is 14.1 Å². The summed E-state index contributed by atoms with van der Waals surface area (Å²) in [6.45, 7) is 0. The van der Waals surface area contributed by atoms with Gasteiger partial charge in [-0.3, -0.25) is 9.13 Å². The SMILES string of the molecule is Cn1c(=O)n(C)c2cc(-c3cccc(-c4cc(-c5ccc(-c6ccc7c(c6)sc6ccccc67)cc5)nc(-c5ccccc5)n4)c3)ccc21. The number of aryl methyl sites for hydroxylation is 2. The third-order valence-corrected chi connectivity index (χ3v) is 10.5. The number of benzene rings is 6. The standard InChI is InChI=1S/C43H30N4OS/c1-46-38-22-20-31(24-39(38)47(2)43(46)48)30-11-8-12-33(23-30)37-26-36(44-42(45-37)29-9-4-3-5-10-29)28-17-15-27(16-18-28)32-19-21-35-34-13-6-7-14-40(34)49-41(35)25-32/h3-26H,1-2H3. The van der Waals surface area contributed by atoms with Gasteiger partial charge in [0.05, 0.1) is 22.4 Å². The fourth-order valence-electron chi connectivity index (χ4n) is 6.74. The highest BCUT2D eigenvalue weighted by atomic mass is 32.1. The highest BCUT2D eigenvalue weighted by molar-refractivity contribution is 7.25. The largest absolute Gasteiger partial charge is 0.328 e. The van der Waals surface area contributed by atoms with Crippen molar-refractivity contribution in [3.05, 3.63) is 156 Å². The van der Waals surface area contributed by atoms with Crippen LogP contribution >= 0.6 is 11.3 Å². The Balaban J connectivity index is 1.11. The van der Waals surface area contributed by atoms with Crippen molar-refractivity contribution in [2.75, 3.05) is 0 Å². The van der Waals surface area contributed by atoms with Crippen molar-refractivity contribution in [3.63, 3.8) is 0 Å². The van der Waals surface area contributed by atoms with E-state index < -0.39 is 0 Å². The van der Waals surface area contributed by atoms with E-state index in [9.17, 15) is 4.79 Å².